The summed E-state index contributed by atoms with van der Waals surface area (Å²) in [5.41, 5.74) is 3.09. The molecule has 1 heteroatoms. The maximum Gasteiger partial charge on any atom is 0.0910 e. The highest BCUT2D eigenvalue weighted by Gasteiger charge is 2.35. The molecule has 0 aliphatic heterocycles. The lowest BCUT2D eigenvalue weighted by molar-refractivity contribution is 0.0823. The maximum atomic E-state index is 11.3. The molecule has 0 fully saturated rings. The molecule has 1 aromatic carbocycles. The van der Waals surface area contributed by atoms with E-state index in [0.717, 1.165) is 0 Å². The van der Waals surface area contributed by atoms with Crippen molar-refractivity contribution in [2.45, 2.75) is 60.0 Å². The molecule has 0 bridgehead atoms. The summed E-state index contributed by atoms with van der Waals surface area (Å²) in [6.45, 7) is 13.3. The minimum Gasteiger partial charge on any atom is -0.385 e. The standard InChI is InChI=1S/C21H30O/c1-19(2,3)17-12-18(20(4,5)6)15-21(22,14-17)13-16-10-8-7-9-11-16/h7-12,14,22H,13,15H2,1-6H3. The van der Waals surface area contributed by atoms with Gasteiger partial charge < -0.3 is 5.11 Å². The Bertz CT molecular complexity index is 579. The van der Waals surface area contributed by atoms with E-state index in [-0.39, 0.29) is 10.8 Å². The Hall–Kier alpha value is -1.34. The van der Waals surface area contributed by atoms with E-state index in [4.69, 9.17) is 0 Å². The first-order valence-corrected chi connectivity index (χ1v) is 8.20. The number of rotatable bonds is 2. The van der Waals surface area contributed by atoms with Crippen molar-refractivity contribution in [2.24, 2.45) is 10.8 Å². The quantitative estimate of drug-likeness (QED) is 0.784. The summed E-state index contributed by atoms with van der Waals surface area (Å²) in [5, 5.41) is 11.3. The largest absolute Gasteiger partial charge is 0.385 e. The third kappa shape index (κ3) is 4.10. The first-order chi connectivity index (χ1) is 10.00. The Morgan fingerprint density at radius 3 is 2.05 bits per heavy atom. The highest BCUT2D eigenvalue weighted by Crippen LogP contribution is 2.42. The van der Waals surface area contributed by atoms with E-state index in [9.17, 15) is 5.11 Å². The summed E-state index contributed by atoms with van der Waals surface area (Å²) in [6, 6.07) is 10.3. The van der Waals surface area contributed by atoms with E-state index in [2.05, 4.69) is 65.8 Å². The lowest BCUT2D eigenvalue weighted by Crippen LogP contribution is -2.36. The summed E-state index contributed by atoms with van der Waals surface area (Å²) in [4.78, 5) is 0. The van der Waals surface area contributed by atoms with Crippen LogP contribution in [0.15, 0.2) is 53.6 Å². The van der Waals surface area contributed by atoms with Gasteiger partial charge >= 0.3 is 0 Å². The van der Waals surface area contributed by atoms with Crippen molar-refractivity contribution in [3.63, 3.8) is 0 Å². The topological polar surface area (TPSA) is 20.2 Å². The Labute approximate surface area is 135 Å². The van der Waals surface area contributed by atoms with Gasteiger partial charge in [0.15, 0.2) is 0 Å². The second kappa shape index (κ2) is 5.70. The maximum absolute atomic E-state index is 11.3. The van der Waals surface area contributed by atoms with Crippen LogP contribution >= 0.6 is 0 Å². The molecule has 0 heterocycles. The first-order valence-electron chi connectivity index (χ1n) is 8.20. The molecule has 1 atom stereocenters. The van der Waals surface area contributed by atoms with Crippen LogP contribution in [-0.4, -0.2) is 10.7 Å². The molecule has 120 valence electrons. The lowest BCUT2D eigenvalue weighted by atomic mass is 9.70. The third-order valence-electron chi connectivity index (χ3n) is 4.43. The fraction of sp³-hybridized carbons (Fsp3) is 0.524. The van der Waals surface area contributed by atoms with Gasteiger partial charge in [-0.2, -0.15) is 0 Å². The minimum absolute atomic E-state index is 0.0432. The van der Waals surface area contributed by atoms with Crippen LogP contribution in [0, 0.1) is 10.8 Å². The van der Waals surface area contributed by atoms with Gasteiger partial charge in [-0.3, -0.25) is 0 Å². The molecule has 1 unspecified atom stereocenters. The fourth-order valence-electron chi connectivity index (χ4n) is 2.93. The van der Waals surface area contributed by atoms with Crippen molar-refractivity contribution >= 4 is 0 Å². The Balaban J connectivity index is 2.40. The summed E-state index contributed by atoms with van der Waals surface area (Å²) in [7, 11) is 0. The van der Waals surface area contributed by atoms with Crippen LogP contribution in [0.5, 0.6) is 0 Å². The second-order valence-electron chi connectivity index (χ2n) is 8.71. The van der Waals surface area contributed by atoms with Gasteiger partial charge in [-0.05, 0) is 28.0 Å². The monoisotopic (exact) mass is 298 g/mol. The van der Waals surface area contributed by atoms with Gasteiger partial charge in [0.1, 0.15) is 0 Å². The van der Waals surface area contributed by atoms with Crippen molar-refractivity contribution < 1.29 is 5.11 Å². The van der Waals surface area contributed by atoms with Gasteiger partial charge in [0.2, 0.25) is 0 Å². The number of hydrogen-bond acceptors (Lipinski definition) is 1. The van der Waals surface area contributed by atoms with Gasteiger partial charge in [-0.25, -0.2) is 0 Å². The van der Waals surface area contributed by atoms with Crippen molar-refractivity contribution in [1.82, 2.24) is 0 Å². The fourth-order valence-corrected chi connectivity index (χ4v) is 2.93. The van der Waals surface area contributed by atoms with Crippen molar-refractivity contribution in [3.8, 4) is 0 Å². The molecule has 1 N–H and O–H groups in total. The third-order valence-corrected chi connectivity index (χ3v) is 4.43. The van der Waals surface area contributed by atoms with Crippen molar-refractivity contribution in [3.05, 3.63) is 59.2 Å². The molecule has 1 nitrogen and oxygen atoms in total. The molecule has 1 aliphatic rings. The molecule has 0 saturated carbocycles. The smallest absolute Gasteiger partial charge is 0.0910 e. The second-order valence-corrected chi connectivity index (χ2v) is 8.71. The summed E-state index contributed by atoms with van der Waals surface area (Å²) in [5.74, 6) is 0. The molecule has 2 rings (SSSR count). The van der Waals surface area contributed by atoms with Crippen LogP contribution in [-0.2, 0) is 6.42 Å². The average molecular weight is 298 g/mol. The van der Waals surface area contributed by atoms with Gasteiger partial charge in [-0.15, -0.1) is 0 Å². The highest BCUT2D eigenvalue weighted by atomic mass is 16.3. The van der Waals surface area contributed by atoms with Crippen LogP contribution in [0.1, 0.15) is 53.5 Å². The molecule has 1 aromatic rings. The number of hydrogen-bond donors (Lipinski definition) is 1. The SMILES string of the molecule is CC(C)(C)C1=CC(O)(Cc2ccccc2)CC(C(C)(C)C)=C1. The van der Waals surface area contributed by atoms with Crippen LogP contribution in [0.4, 0.5) is 0 Å². The number of aliphatic hydroxyl groups is 1. The van der Waals surface area contributed by atoms with E-state index < -0.39 is 5.60 Å². The zero-order chi connectivity index (χ0) is 16.6. The van der Waals surface area contributed by atoms with Crippen molar-refractivity contribution in [1.29, 1.82) is 0 Å². The van der Waals surface area contributed by atoms with Crippen LogP contribution < -0.4 is 0 Å². The predicted molar refractivity (Wildman–Crippen MR) is 94.8 cm³/mol. The Kier molecular flexibility index (Phi) is 4.41. The van der Waals surface area contributed by atoms with Crippen LogP contribution in [0.25, 0.3) is 0 Å². The van der Waals surface area contributed by atoms with Gasteiger partial charge in [0.05, 0.1) is 5.60 Å². The minimum atomic E-state index is -0.790. The van der Waals surface area contributed by atoms with Gasteiger partial charge in [0.25, 0.3) is 0 Å². The van der Waals surface area contributed by atoms with Crippen molar-refractivity contribution in [2.75, 3.05) is 0 Å². The van der Waals surface area contributed by atoms with E-state index >= 15 is 0 Å². The molecular formula is C21H30O. The van der Waals surface area contributed by atoms with Crippen LogP contribution in [0.3, 0.4) is 0 Å². The zero-order valence-corrected chi connectivity index (χ0v) is 14.9. The van der Waals surface area contributed by atoms with Gasteiger partial charge in [-0.1, -0.05) is 83.5 Å². The summed E-state index contributed by atoms with van der Waals surface area (Å²) in [6.07, 6.45) is 5.78. The lowest BCUT2D eigenvalue weighted by Gasteiger charge is -2.38. The van der Waals surface area contributed by atoms with E-state index in [1.165, 1.54) is 16.7 Å². The molecule has 0 amide bonds. The molecule has 0 radical (unpaired) electrons. The molecular weight excluding hydrogens is 268 g/mol. The van der Waals surface area contributed by atoms with E-state index in [0.29, 0.717) is 12.8 Å². The van der Waals surface area contributed by atoms with E-state index in [1.807, 2.05) is 18.2 Å². The van der Waals surface area contributed by atoms with Gasteiger partial charge in [0, 0.05) is 12.8 Å². The molecule has 1 aliphatic carbocycles. The number of allylic oxidation sites excluding steroid dienone is 2. The molecule has 0 aromatic heterocycles. The van der Waals surface area contributed by atoms with Crippen LogP contribution in [0.2, 0.25) is 0 Å². The van der Waals surface area contributed by atoms with E-state index in [1.54, 1.807) is 0 Å². The molecule has 0 saturated heterocycles. The summed E-state index contributed by atoms with van der Waals surface area (Å²) < 4.78 is 0. The highest BCUT2D eigenvalue weighted by molar-refractivity contribution is 5.40. The predicted octanol–water partition coefficient (Wildman–Crippen LogP) is 5.31. The Morgan fingerprint density at radius 1 is 0.955 bits per heavy atom. The number of benzene rings is 1. The summed E-state index contributed by atoms with van der Waals surface area (Å²) >= 11 is 0. The molecule has 0 spiro atoms. The zero-order valence-electron chi connectivity index (χ0n) is 14.9. The normalized spacial score (nSPS) is 23.0. The molecule has 22 heavy (non-hydrogen) atoms. The Morgan fingerprint density at radius 2 is 1.55 bits per heavy atom. The first kappa shape index (κ1) is 17.0. The average Bonchev–Trinajstić information content (AvgIpc) is 2.36.